The van der Waals surface area contributed by atoms with E-state index in [9.17, 15) is 22.0 Å². The van der Waals surface area contributed by atoms with Crippen LogP contribution < -0.4 is 0 Å². The number of hydrogen-bond acceptors (Lipinski definition) is 6. The number of aromatic nitrogens is 5. The number of rotatable bonds is 8. The van der Waals surface area contributed by atoms with Crippen LogP contribution in [0.25, 0.3) is 11.8 Å². The Balaban J connectivity index is 1.32. The van der Waals surface area contributed by atoms with Crippen LogP contribution in [-0.4, -0.2) is 55.6 Å². The van der Waals surface area contributed by atoms with Crippen LogP contribution in [0.3, 0.4) is 0 Å². The zero-order chi connectivity index (χ0) is 29.9. The first-order valence-corrected chi connectivity index (χ1v) is 15.8. The van der Waals surface area contributed by atoms with E-state index >= 15 is 0 Å². The van der Waals surface area contributed by atoms with Gasteiger partial charge in [0.15, 0.2) is 10.8 Å². The maximum Gasteiger partial charge on any atom is 0.262 e. The molecule has 3 aliphatic rings. The summed E-state index contributed by atoms with van der Waals surface area (Å²) >= 11 is 0. The number of benzene rings is 1. The highest BCUT2D eigenvalue weighted by Crippen LogP contribution is 2.51. The lowest BCUT2D eigenvalue weighted by atomic mass is 9.60. The van der Waals surface area contributed by atoms with Crippen LogP contribution in [0.1, 0.15) is 53.8 Å². The number of nitrogens with zero attached hydrogens (tertiary/aromatic N) is 6. The van der Waals surface area contributed by atoms with Crippen molar-refractivity contribution in [3.05, 3.63) is 95.2 Å². The Morgan fingerprint density at radius 1 is 1.09 bits per heavy atom. The summed E-state index contributed by atoms with van der Waals surface area (Å²) in [7, 11) is -2.27. The van der Waals surface area contributed by atoms with Crippen molar-refractivity contribution in [1.29, 1.82) is 0 Å². The molecular weight excluding hydrogens is 574 g/mol. The average molecular weight is 605 g/mol. The Kier molecular flexibility index (Phi) is 6.66. The lowest BCUT2D eigenvalue weighted by Crippen LogP contribution is -2.51. The molecule has 1 aromatic carbocycles. The number of Topliss-reactive ketones (excluding diaryl/α,β-unsaturated/α-hetero) is 1. The number of halogens is 2. The minimum Gasteiger partial charge on any atom is -0.291 e. The molecule has 9 nitrogen and oxygen atoms in total. The van der Waals surface area contributed by atoms with Gasteiger partial charge < -0.3 is 0 Å². The van der Waals surface area contributed by atoms with Crippen molar-refractivity contribution in [3.8, 4) is 5.69 Å². The molecule has 3 heterocycles. The van der Waals surface area contributed by atoms with E-state index in [0.29, 0.717) is 25.1 Å². The fraction of sp³-hybridized carbons (Fsp3) is 0.355. The Morgan fingerprint density at radius 3 is 2.58 bits per heavy atom. The van der Waals surface area contributed by atoms with Gasteiger partial charge in [-0.15, -0.1) is 0 Å². The van der Waals surface area contributed by atoms with Gasteiger partial charge in [-0.2, -0.15) is 14.5 Å². The Morgan fingerprint density at radius 2 is 1.88 bits per heavy atom. The third-order valence-electron chi connectivity index (χ3n) is 8.90. The summed E-state index contributed by atoms with van der Waals surface area (Å²) in [6.07, 6.45) is 9.86. The molecule has 2 fully saturated rings. The molecule has 4 aromatic rings. The summed E-state index contributed by atoms with van der Waals surface area (Å²) in [5.74, 6) is -1.00. The van der Waals surface area contributed by atoms with Crippen molar-refractivity contribution in [1.82, 2.24) is 28.9 Å². The summed E-state index contributed by atoms with van der Waals surface area (Å²) in [4.78, 5) is 18.7. The number of fused-ring (bicyclic) bond motifs is 2. The quantitative estimate of drug-likeness (QED) is 0.269. The van der Waals surface area contributed by atoms with Crippen molar-refractivity contribution in [3.63, 3.8) is 0 Å². The van der Waals surface area contributed by atoms with Crippen LogP contribution in [0.4, 0.5) is 8.78 Å². The molecule has 3 aromatic heterocycles. The highest BCUT2D eigenvalue weighted by atomic mass is 32.2. The molecule has 0 radical (unpaired) electrons. The molecule has 12 heteroatoms. The number of aryl methyl sites for hydroxylation is 1. The first-order chi connectivity index (χ1) is 20.6. The zero-order valence-corrected chi connectivity index (χ0v) is 24.3. The van der Waals surface area contributed by atoms with Crippen LogP contribution in [0.5, 0.6) is 0 Å². The second-order valence-electron chi connectivity index (χ2n) is 11.8. The van der Waals surface area contributed by atoms with Gasteiger partial charge in [-0.25, -0.2) is 21.9 Å². The molecule has 0 bridgehead atoms. The zero-order valence-electron chi connectivity index (χ0n) is 23.5. The summed E-state index contributed by atoms with van der Waals surface area (Å²) in [5, 5.41) is 8.75. The highest BCUT2D eigenvalue weighted by molar-refractivity contribution is 7.89. The Labute approximate surface area is 247 Å². The predicted octanol–water partition coefficient (Wildman–Crippen LogP) is 4.74. The average Bonchev–Trinajstić information content (AvgIpc) is 3.57. The van der Waals surface area contributed by atoms with Crippen LogP contribution >= 0.6 is 0 Å². The lowest BCUT2D eigenvalue weighted by Gasteiger charge is -2.46. The molecule has 0 amide bonds. The van der Waals surface area contributed by atoms with Crippen molar-refractivity contribution in [2.75, 3.05) is 6.54 Å². The third kappa shape index (κ3) is 4.92. The maximum atomic E-state index is 14.4. The molecule has 0 unspecified atom stereocenters. The number of carbonyl (C=O) groups is 1. The van der Waals surface area contributed by atoms with Gasteiger partial charge in [0.25, 0.3) is 10.0 Å². The summed E-state index contributed by atoms with van der Waals surface area (Å²) in [6, 6.07) is 9.36. The standard InChI is InChI=1S/C31H30F2N6O3S/c1-37-13-11-29(36-37)43(41,42)38(19-20-2-3-20)26-7-4-22-14-28-21(18-35-39(28)25-8-5-23(32)6-9-25)16-31(22,17-26)30(40)27-15-24(33)10-12-34-27/h5-6,8-15,18,20,26H,2-4,7,16-17,19H2,1H3/t26-,31-/m0/s1. The molecule has 222 valence electrons. The minimum atomic E-state index is -3.94. The second-order valence-corrected chi connectivity index (χ2v) is 13.6. The van der Waals surface area contributed by atoms with E-state index in [4.69, 9.17) is 0 Å². The highest BCUT2D eigenvalue weighted by Gasteiger charge is 2.52. The van der Waals surface area contributed by atoms with Gasteiger partial charge in [-0.3, -0.25) is 14.5 Å². The molecule has 0 saturated heterocycles. The van der Waals surface area contributed by atoms with Crippen molar-refractivity contribution in [2.24, 2.45) is 18.4 Å². The largest absolute Gasteiger partial charge is 0.291 e. The van der Waals surface area contributed by atoms with Gasteiger partial charge in [0.1, 0.15) is 17.3 Å². The van der Waals surface area contributed by atoms with Gasteiger partial charge in [-0.1, -0.05) is 5.57 Å². The summed E-state index contributed by atoms with van der Waals surface area (Å²) in [5.41, 5.74) is 1.94. The minimum absolute atomic E-state index is 0.00209. The smallest absolute Gasteiger partial charge is 0.262 e. The van der Waals surface area contributed by atoms with E-state index in [1.54, 1.807) is 40.6 Å². The van der Waals surface area contributed by atoms with Gasteiger partial charge >= 0.3 is 0 Å². The van der Waals surface area contributed by atoms with Crippen LogP contribution in [0.15, 0.2) is 71.7 Å². The Bertz CT molecular complexity index is 1860. The van der Waals surface area contributed by atoms with Crippen LogP contribution in [0, 0.1) is 23.0 Å². The van der Waals surface area contributed by atoms with Gasteiger partial charge in [0.2, 0.25) is 0 Å². The number of ketones is 1. The topological polar surface area (TPSA) is 103 Å². The third-order valence-corrected chi connectivity index (χ3v) is 10.7. The van der Waals surface area contributed by atoms with Crippen molar-refractivity contribution >= 4 is 21.9 Å². The van der Waals surface area contributed by atoms with Crippen LogP contribution in [-0.2, 0) is 23.5 Å². The van der Waals surface area contributed by atoms with E-state index < -0.39 is 27.3 Å². The second kappa shape index (κ2) is 10.3. The molecule has 2 atom stereocenters. The summed E-state index contributed by atoms with van der Waals surface area (Å²) < 4.78 is 60.7. The van der Waals surface area contributed by atoms with Crippen molar-refractivity contribution < 1.29 is 22.0 Å². The van der Waals surface area contributed by atoms with Crippen LogP contribution in [0.2, 0.25) is 0 Å². The number of carbonyl (C=O) groups excluding carboxylic acids is 1. The molecular formula is C31H30F2N6O3S. The first-order valence-electron chi connectivity index (χ1n) is 14.4. The molecule has 7 rings (SSSR count). The fourth-order valence-corrected chi connectivity index (χ4v) is 8.23. The Hall–Kier alpha value is -4.03. The normalized spacial score (nSPS) is 21.8. The van der Waals surface area contributed by atoms with Gasteiger partial charge in [0, 0.05) is 38.1 Å². The fourth-order valence-electron chi connectivity index (χ4n) is 6.54. The number of sulfonamides is 1. The predicted molar refractivity (Wildman–Crippen MR) is 154 cm³/mol. The molecule has 0 N–H and O–H groups in total. The van der Waals surface area contributed by atoms with E-state index in [-0.39, 0.29) is 41.1 Å². The first kappa shape index (κ1) is 27.8. The van der Waals surface area contributed by atoms with Crippen molar-refractivity contribution in [2.45, 2.75) is 49.6 Å². The maximum absolute atomic E-state index is 14.4. The van der Waals surface area contributed by atoms with Gasteiger partial charge in [0.05, 0.1) is 23.0 Å². The summed E-state index contributed by atoms with van der Waals surface area (Å²) in [6.45, 7) is 0.360. The number of hydrogen-bond donors (Lipinski definition) is 0. The van der Waals surface area contributed by atoms with E-state index in [1.807, 2.05) is 6.08 Å². The number of pyridine rings is 1. The van der Waals surface area contributed by atoms with E-state index in [0.717, 1.165) is 35.7 Å². The van der Waals surface area contributed by atoms with E-state index in [2.05, 4.69) is 15.2 Å². The molecule has 0 aliphatic heterocycles. The molecule has 0 spiro atoms. The molecule has 3 aliphatic carbocycles. The number of allylic oxidation sites excluding steroid dienone is 1. The SMILES string of the molecule is Cn1ccc(S(=O)(=O)N(CC2CC2)[C@H]2CCC3=Cc4c(cnn4-c4ccc(F)cc4)C[C@]3(C(=O)c3cc(F)ccn3)C2)n1. The monoisotopic (exact) mass is 604 g/mol. The molecule has 2 saturated carbocycles. The van der Waals surface area contributed by atoms with E-state index in [1.165, 1.54) is 35.1 Å². The van der Waals surface area contributed by atoms with Gasteiger partial charge in [-0.05, 0) is 92.5 Å². The lowest BCUT2D eigenvalue weighted by molar-refractivity contribution is 0.0734. The molecule has 43 heavy (non-hydrogen) atoms.